The average Bonchev–Trinajstić information content (AvgIpc) is 2.39. The number of primary amides is 1. The number of aliphatic hydroxyl groups excluding tert-OH is 1. The molecule has 6 nitrogen and oxygen atoms in total. The molecule has 2 fully saturated rings. The number of rotatable bonds is 3. The Labute approximate surface area is 119 Å². The minimum Gasteiger partial charge on any atom is -0.392 e. The van der Waals surface area contributed by atoms with Crippen LogP contribution in [-0.2, 0) is 9.59 Å². The van der Waals surface area contributed by atoms with Crippen LogP contribution in [0.4, 0.5) is 0 Å². The van der Waals surface area contributed by atoms with Crippen molar-refractivity contribution in [2.45, 2.75) is 38.7 Å². The van der Waals surface area contributed by atoms with Crippen LogP contribution in [0.25, 0.3) is 0 Å². The molecule has 2 aliphatic heterocycles. The zero-order chi connectivity index (χ0) is 14.8. The van der Waals surface area contributed by atoms with Crippen LogP contribution in [0.3, 0.4) is 0 Å². The van der Waals surface area contributed by atoms with Gasteiger partial charge in [-0.1, -0.05) is 6.92 Å². The summed E-state index contributed by atoms with van der Waals surface area (Å²) in [5, 5.41) is 9.61. The van der Waals surface area contributed by atoms with Crippen molar-refractivity contribution >= 4 is 11.8 Å². The van der Waals surface area contributed by atoms with Crippen molar-refractivity contribution in [3.05, 3.63) is 0 Å². The zero-order valence-electron chi connectivity index (χ0n) is 12.2. The third-order valence-electron chi connectivity index (χ3n) is 4.65. The molecule has 3 N–H and O–H groups in total. The summed E-state index contributed by atoms with van der Waals surface area (Å²) < 4.78 is 0. The maximum Gasteiger partial charge on any atom is 0.236 e. The fraction of sp³-hybridized carbons (Fsp3) is 0.857. The van der Waals surface area contributed by atoms with E-state index in [2.05, 4.69) is 0 Å². The Bertz CT molecular complexity index is 378. The van der Waals surface area contributed by atoms with E-state index in [9.17, 15) is 14.7 Å². The maximum absolute atomic E-state index is 12.2. The van der Waals surface area contributed by atoms with Gasteiger partial charge in [0.05, 0.1) is 12.6 Å². The molecule has 2 aliphatic rings. The van der Waals surface area contributed by atoms with Crippen LogP contribution in [0.2, 0.25) is 0 Å². The van der Waals surface area contributed by atoms with Crippen LogP contribution in [0, 0.1) is 5.41 Å². The van der Waals surface area contributed by atoms with Gasteiger partial charge in [0.25, 0.3) is 0 Å². The SMILES string of the molecule is CC1(C(N)=O)CCN(C(=O)CN2CCCC(O)C2)CC1. The van der Waals surface area contributed by atoms with Gasteiger partial charge in [-0.3, -0.25) is 14.5 Å². The molecule has 20 heavy (non-hydrogen) atoms. The summed E-state index contributed by atoms with van der Waals surface area (Å²) in [6, 6.07) is 0. The van der Waals surface area contributed by atoms with Gasteiger partial charge in [0.2, 0.25) is 11.8 Å². The van der Waals surface area contributed by atoms with Crippen LogP contribution in [0.5, 0.6) is 0 Å². The molecular weight excluding hydrogens is 258 g/mol. The second kappa shape index (κ2) is 6.10. The topological polar surface area (TPSA) is 86.9 Å². The van der Waals surface area contributed by atoms with Gasteiger partial charge in [-0.05, 0) is 32.2 Å². The number of piperidine rings is 2. The van der Waals surface area contributed by atoms with Crippen molar-refractivity contribution in [3.63, 3.8) is 0 Å². The summed E-state index contributed by atoms with van der Waals surface area (Å²) in [6.45, 7) is 4.88. The second-order valence-corrected chi connectivity index (χ2v) is 6.34. The molecule has 0 aromatic rings. The minimum absolute atomic E-state index is 0.0885. The Morgan fingerprint density at radius 1 is 1.30 bits per heavy atom. The minimum atomic E-state index is -0.474. The first kappa shape index (κ1) is 15.3. The van der Waals surface area contributed by atoms with E-state index in [0.717, 1.165) is 19.4 Å². The Morgan fingerprint density at radius 3 is 2.50 bits per heavy atom. The zero-order valence-corrected chi connectivity index (χ0v) is 12.2. The first-order valence-corrected chi connectivity index (χ1v) is 7.39. The fourth-order valence-corrected chi connectivity index (χ4v) is 2.96. The summed E-state index contributed by atoms with van der Waals surface area (Å²) in [7, 11) is 0. The molecule has 2 rings (SSSR count). The third kappa shape index (κ3) is 3.49. The molecule has 2 saturated heterocycles. The van der Waals surface area contributed by atoms with Crippen molar-refractivity contribution < 1.29 is 14.7 Å². The van der Waals surface area contributed by atoms with Crippen LogP contribution in [0.1, 0.15) is 32.6 Å². The first-order valence-electron chi connectivity index (χ1n) is 7.39. The van der Waals surface area contributed by atoms with Crippen molar-refractivity contribution in [2.75, 3.05) is 32.7 Å². The van der Waals surface area contributed by atoms with Gasteiger partial charge in [-0.2, -0.15) is 0 Å². The number of β-amino-alcohol motifs (C(OH)–C–C–N with tert-alkyl or cyclic N) is 1. The molecule has 1 atom stereocenters. The number of hydrogen-bond acceptors (Lipinski definition) is 4. The number of aliphatic hydroxyl groups is 1. The number of likely N-dealkylation sites (tertiary alicyclic amines) is 2. The summed E-state index contributed by atoms with van der Waals surface area (Å²) in [5.41, 5.74) is 4.94. The number of hydrogen-bond donors (Lipinski definition) is 2. The van der Waals surface area contributed by atoms with Crippen molar-refractivity contribution in [3.8, 4) is 0 Å². The largest absolute Gasteiger partial charge is 0.392 e. The molecule has 1 unspecified atom stereocenters. The maximum atomic E-state index is 12.2. The van der Waals surface area contributed by atoms with E-state index < -0.39 is 5.41 Å². The Morgan fingerprint density at radius 2 is 1.95 bits per heavy atom. The van der Waals surface area contributed by atoms with Gasteiger partial charge in [-0.15, -0.1) is 0 Å². The molecule has 0 aromatic carbocycles. The molecule has 2 heterocycles. The lowest BCUT2D eigenvalue weighted by molar-refractivity contribution is -0.139. The molecule has 6 heteroatoms. The standard InChI is InChI=1S/C14H25N3O3/c1-14(13(15)20)4-7-17(8-5-14)12(19)10-16-6-2-3-11(18)9-16/h11,18H,2-10H2,1H3,(H2,15,20). The van der Waals surface area contributed by atoms with E-state index in [4.69, 9.17) is 5.73 Å². The van der Waals surface area contributed by atoms with Crippen LogP contribution in [-0.4, -0.2) is 65.5 Å². The first-order chi connectivity index (χ1) is 9.40. The van der Waals surface area contributed by atoms with Crippen LogP contribution >= 0.6 is 0 Å². The van der Waals surface area contributed by atoms with Crippen molar-refractivity contribution in [2.24, 2.45) is 11.1 Å². The molecule has 0 aromatic heterocycles. The van der Waals surface area contributed by atoms with Gasteiger partial charge in [0.15, 0.2) is 0 Å². The summed E-state index contributed by atoms with van der Waals surface area (Å²) in [5.74, 6) is -0.186. The predicted octanol–water partition coefficient (Wildman–Crippen LogP) is -0.443. The van der Waals surface area contributed by atoms with Gasteiger partial charge in [0, 0.05) is 25.0 Å². The Kier molecular flexibility index (Phi) is 4.65. The van der Waals surface area contributed by atoms with E-state index in [1.165, 1.54) is 0 Å². The number of amides is 2. The van der Waals surface area contributed by atoms with Crippen molar-refractivity contribution in [1.29, 1.82) is 0 Å². The summed E-state index contributed by atoms with van der Waals surface area (Å²) in [6.07, 6.45) is 2.73. The van der Waals surface area contributed by atoms with E-state index in [1.807, 2.05) is 16.7 Å². The molecule has 0 aliphatic carbocycles. The second-order valence-electron chi connectivity index (χ2n) is 6.34. The average molecular weight is 283 g/mol. The smallest absolute Gasteiger partial charge is 0.236 e. The Balaban J connectivity index is 1.81. The van der Waals surface area contributed by atoms with Gasteiger partial charge in [-0.25, -0.2) is 0 Å². The highest BCUT2D eigenvalue weighted by Gasteiger charge is 2.36. The molecule has 0 spiro atoms. The van der Waals surface area contributed by atoms with E-state index in [1.54, 1.807) is 0 Å². The third-order valence-corrected chi connectivity index (χ3v) is 4.65. The molecule has 0 bridgehead atoms. The molecule has 114 valence electrons. The van der Waals surface area contributed by atoms with Gasteiger partial charge in [0.1, 0.15) is 0 Å². The fourth-order valence-electron chi connectivity index (χ4n) is 2.96. The normalized spacial score (nSPS) is 27.3. The van der Waals surface area contributed by atoms with Crippen LogP contribution < -0.4 is 5.73 Å². The molecule has 0 saturated carbocycles. The highest BCUT2D eigenvalue weighted by Crippen LogP contribution is 2.30. The highest BCUT2D eigenvalue weighted by molar-refractivity contribution is 5.82. The summed E-state index contributed by atoms with van der Waals surface area (Å²) >= 11 is 0. The monoisotopic (exact) mass is 283 g/mol. The van der Waals surface area contributed by atoms with E-state index in [-0.39, 0.29) is 17.9 Å². The summed E-state index contributed by atoms with van der Waals surface area (Å²) in [4.78, 5) is 27.5. The van der Waals surface area contributed by atoms with Gasteiger partial charge < -0.3 is 15.7 Å². The Hall–Kier alpha value is -1.14. The quantitative estimate of drug-likeness (QED) is 0.735. The van der Waals surface area contributed by atoms with Crippen LogP contribution in [0.15, 0.2) is 0 Å². The van der Waals surface area contributed by atoms with E-state index in [0.29, 0.717) is 39.0 Å². The van der Waals surface area contributed by atoms with E-state index >= 15 is 0 Å². The van der Waals surface area contributed by atoms with Gasteiger partial charge >= 0.3 is 0 Å². The number of carbonyl (C=O) groups excluding carboxylic acids is 2. The lowest BCUT2D eigenvalue weighted by Crippen LogP contribution is -2.51. The number of nitrogens with two attached hydrogens (primary N) is 1. The lowest BCUT2D eigenvalue weighted by atomic mass is 9.80. The highest BCUT2D eigenvalue weighted by atomic mass is 16.3. The van der Waals surface area contributed by atoms with Crippen molar-refractivity contribution in [1.82, 2.24) is 9.80 Å². The number of carbonyl (C=O) groups is 2. The predicted molar refractivity (Wildman–Crippen MR) is 74.8 cm³/mol. The number of nitrogens with zero attached hydrogens (tertiary/aromatic N) is 2. The lowest BCUT2D eigenvalue weighted by Gasteiger charge is -2.38. The molecule has 2 amide bonds. The molecule has 0 radical (unpaired) electrons. The molecular formula is C14H25N3O3.